The molecule has 4 heterocycles. The van der Waals surface area contributed by atoms with Crippen LogP contribution < -0.4 is 0 Å². The number of fused-ring (bicyclic) bond motifs is 14. The van der Waals surface area contributed by atoms with Crippen LogP contribution >= 0.6 is 11.3 Å². The zero-order chi connectivity index (χ0) is 41.2. The van der Waals surface area contributed by atoms with Gasteiger partial charge in [-0.2, -0.15) is 0 Å². The molecular weight excluding hydrogens is 785 g/mol. The Hall–Kier alpha value is -8.05. The van der Waals surface area contributed by atoms with Gasteiger partial charge in [-0.1, -0.05) is 170 Å². The van der Waals surface area contributed by atoms with Gasteiger partial charge >= 0.3 is 0 Å². The van der Waals surface area contributed by atoms with Crippen LogP contribution in [-0.2, 0) is 0 Å². The van der Waals surface area contributed by atoms with Crippen molar-refractivity contribution in [2.45, 2.75) is 0 Å². The molecule has 10 aromatic carbocycles. The maximum absolute atomic E-state index is 6.38. The van der Waals surface area contributed by atoms with Gasteiger partial charge in [0.05, 0.1) is 21.4 Å². The number of benzene rings is 10. The molecule has 0 spiro atoms. The van der Waals surface area contributed by atoms with E-state index in [0.29, 0.717) is 0 Å². The van der Waals surface area contributed by atoms with Crippen LogP contribution in [0.1, 0.15) is 0 Å². The average Bonchev–Trinajstić information content (AvgIpc) is 4.05. The van der Waals surface area contributed by atoms with E-state index in [2.05, 4.69) is 199 Å². The summed E-state index contributed by atoms with van der Waals surface area (Å²) in [6.45, 7) is 0. The van der Waals surface area contributed by atoms with E-state index in [-0.39, 0.29) is 0 Å². The monoisotopic (exact) mass is 818 g/mol. The molecular formula is C59H34N2OS. The van der Waals surface area contributed by atoms with Crippen LogP contribution in [0.3, 0.4) is 0 Å². The Bertz CT molecular complexity index is 4190. The van der Waals surface area contributed by atoms with E-state index in [1.807, 2.05) is 23.5 Å². The molecule has 0 aliphatic carbocycles. The van der Waals surface area contributed by atoms with Crippen LogP contribution in [0.25, 0.3) is 136 Å². The average molecular weight is 819 g/mol. The molecule has 0 unspecified atom stereocenters. The molecule has 0 saturated carbocycles. The van der Waals surface area contributed by atoms with Crippen LogP contribution in [0.4, 0.5) is 0 Å². The zero-order valence-corrected chi connectivity index (χ0v) is 34.7. The standard InChI is InChI=1S/C59H34N2OS/c1-2-11-40-33-50-41(32-39(40)10-1)28-31-52-56(50)60-59-58-51(48-15-6-8-19-55(48)63-58)34-53(61(52)59)38-26-24-36(25-27-38)43-30-29-42(45-12-3-4-13-46(43)45)35-20-22-37(23-21-35)44-16-9-17-49-47-14-5-7-18-54(47)62-57(44)49/h1-34H. The third-order valence-electron chi connectivity index (χ3n) is 13.2. The van der Waals surface area contributed by atoms with Gasteiger partial charge in [0, 0.05) is 37.2 Å². The van der Waals surface area contributed by atoms with Gasteiger partial charge in [-0.05, 0) is 96.7 Å². The van der Waals surface area contributed by atoms with Gasteiger partial charge in [0.2, 0.25) is 0 Å². The number of nitrogens with zero attached hydrogens (tertiary/aromatic N) is 2. The Morgan fingerprint density at radius 2 is 1.00 bits per heavy atom. The van der Waals surface area contributed by atoms with Crippen molar-refractivity contribution in [2.75, 3.05) is 0 Å². The molecule has 0 saturated heterocycles. The highest BCUT2D eigenvalue weighted by atomic mass is 32.1. The molecule has 0 radical (unpaired) electrons. The number of hydrogen-bond acceptors (Lipinski definition) is 3. The summed E-state index contributed by atoms with van der Waals surface area (Å²) in [4.78, 5) is 5.50. The first-order valence-electron chi connectivity index (χ1n) is 21.4. The highest BCUT2D eigenvalue weighted by Gasteiger charge is 2.20. The lowest BCUT2D eigenvalue weighted by Gasteiger charge is -2.14. The fourth-order valence-corrected chi connectivity index (χ4v) is 11.3. The summed E-state index contributed by atoms with van der Waals surface area (Å²) in [6.07, 6.45) is 0. The fourth-order valence-electron chi connectivity index (χ4n) is 10.2. The number of imidazole rings is 1. The van der Waals surface area contributed by atoms with E-state index in [4.69, 9.17) is 9.40 Å². The van der Waals surface area contributed by atoms with Gasteiger partial charge in [0.25, 0.3) is 0 Å². The lowest BCUT2D eigenvalue weighted by Crippen LogP contribution is -1.93. The van der Waals surface area contributed by atoms with Crippen LogP contribution in [0, 0.1) is 0 Å². The van der Waals surface area contributed by atoms with Crippen molar-refractivity contribution < 1.29 is 4.42 Å². The van der Waals surface area contributed by atoms with Crippen molar-refractivity contribution in [1.29, 1.82) is 0 Å². The Kier molecular flexibility index (Phi) is 7.27. The van der Waals surface area contributed by atoms with E-state index in [9.17, 15) is 0 Å². The molecule has 3 nitrogen and oxygen atoms in total. The third-order valence-corrected chi connectivity index (χ3v) is 14.4. The van der Waals surface area contributed by atoms with Crippen LogP contribution in [0.15, 0.2) is 211 Å². The van der Waals surface area contributed by atoms with Gasteiger partial charge in [0.15, 0.2) is 5.65 Å². The lowest BCUT2D eigenvalue weighted by molar-refractivity contribution is 0.670. The minimum atomic E-state index is 0.915. The Balaban J connectivity index is 0.881. The molecule has 0 bridgehead atoms. The van der Waals surface area contributed by atoms with Crippen molar-refractivity contribution in [2.24, 2.45) is 0 Å². The van der Waals surface area contributed by atoms with Crippen LogP contribution in [0.5, 0.6) is 0 Å². The summed E-state index contributed by atoms with van der Waals surface area (Å²) >= 11 is 1.83. The van der Waals surface area contributed by atoms with Gasteiger partial charge in [-0.15, -0.1) is 11.3 Å². The second-order valence-corrected chi connectivity index (χ2v) is 17.7. The number of hydrogen-bond donors (Lipinski definition) is 0. The highest BCUT2D eigenvalue weighted by Crippen LogP contribution is 2.43. The molecule has 0 N–H and O–H groups in total. The number of rotatable bonds is 4. The molecule has 14 rings (SSSR count). The second-order valence-electron chi connectivity index (χ2n) is 16.6. The highest BCUT2D eigenvalue weighted by molar-refractivity contribution is 7.26. The number of para-hydroxylation sites is 2. The minimum Gasteiger partial charge on any atom is -0.455 e. The Morgan fingerprint density at radius 1 is 0.397 bits per heavy atom. The Morgan fingerprint density at radius 3 is 1.75 bits per heavy atom. The molecule has 0 amide bonds. The maximum atomic E-state index is 6.38. The molecule has 63 heavy (non-hydrogen) atoms. The van der Waals surface area contributed by atoms with Crippen molar-refractivity contribution in [3.8, 4) is 44.6 Å². The topological polar surface area (TPSA) is 30.4 Å². The zero-order valence-electron chi connectivity index (χ0n) is 33.8. The molecule has 0 aliphatic heterocycles. The third kappa shape index (κ3) is 5.16. The van der Waals surface area contributed by atoms with Crippen LogP contribution in [0.2, 0.25) is 0 Å². The van der Waals surface area contributed by atoms with Crippen molar-refractivity contribution in [1.82, 2.24) is 9.38 Å². The molecule has 4 heteroatoms. The predicted octanol–water partition coefficient (Wildman–Crippen LogP) is 16.9. The van der Waals surface area contributed by atoms with E-state index >= 15 is 0 Å². The van der Waals surface area contributed by atoms with Gasteiger partial charge in [-0.3, -0.25) is 4.40 Å². The van der Waals surface area contributed by atoms with E-state index in [1.54, 1.807) is 0 Å². The second kappa shape index (κ2) is 13.2. The first kappa shape index (κ1) is 34.6. The van der Waals surface area contributed by atoms with Crippen molar-refractivity contribution in [3.63, 3.8) is 0 Å². The number of pyridine rings is 1. The lowest BCUT2D eigenvalue weighted by atomic mass is 9.91. The molecule has 14 aromatic rings. The summed E-state index contributed by atoms with van der Waals surface area (Å²) < 4.78 is 11.3. The smallest absolute Gasteiger partial charge is 0.156 e. The van der Waals surface area contributed by atoms with Crippen LogP contribution in [-0.4, -0.2) is 9.38 Å². The quantitative estimate of drug-likeness (QED) is 0.166. The molecule has 0 aliphatic rings. The molecule has 4 aromatic heterocycles. The fraction of sp³-hybridized carbons (Fsp3) is 0. The Labute approximate surface area is 365 Å². The summed E-state index contributed by atoms with van der Waals surface area (Å²) in [5, 5.41) is 12.1. The summed E-state index contributed by atoms with van der Waals surface area (Å²) in [5.41, 5.74) is 14.3. The van der Waals surface area contributed by atoms with Gasteiger partial charge in [0.1, 0.15) is 11.2 Å². The normalized spacial score (nSPS) is 12.1. The van der Waals surface area contributed by atoms with Crippen molar-refractivity contribution in [3.05, 3.63) is 206 Å². The van der Waals surface area contributed by atoms with Gasteiger partial charge < -0.3 is 4.42 Å². The molecule has 292 valence electrons. The van der Waals surface area contributed by atoms with E-state index in [1.165, 1.54) is 74.7 Å². The minimum absolute atomic E-state index is 0.915. The maximum Gasteiger partial charge on any atom is 0.156 e. The predicted molar refractivity (Wildman–Crippen MR) is 267 cm³/mol. The molecule has 0 fully saturated rings. The largest absolute Gasteiger partial charge is 0.455 e. The summed E-state index contributed by atoms with van der Waals surface area (Å²) in [6, 6.07) is 75.0. The van der Waals surface area contributed by atoms with E-state index < -0.39 is 0 Å². The van der Waals surface area contributed by atoms with E-state index in [0.717, 1.165) is 61.0 Å². The SMILES string of the molecule is c1ccc2cc3c(ccc4c3nc3c5sc6ccccc6c5cc(-c5ccc(-c6ccc(-c7ccc(-c8cccc9c8oc8ccccc89)cc7)c7ccccc67)cc5)n43)cc2c1. The number of furan rings is 1. The first-order chi connectivity index (χ1) is 31.2. The molecule has 0 atom stereocenters. The summed E-state index contributed by atoms with van der Waals surface area (Å²) in [7, 11) is 0. The number of thiophene rings is 1. The number of aromatic nitrogens is 2. The van der Waals surface area contributed by atoms with Crippen molar-refractivity contribution >= 4 is 102 Å². The summed E-state index contributed by atoms with van der Waals surface area (Å²) in [5.74, 6) is 0. The van der Waals surface area contributed by atoms with Gasteiger partial charge in [-0.25, -0.2) is 4.98 Å². The first-order valence-corrected chi connectivity index (χ1v) is 22.3.